The summed E-state index contributed by atoms with van der Waals surface area (Å²) in [5.74, 6) is -0.276. The molecule has 0 aliphatic heterocycles. The third kappa shape index (κ3) is 4.95. The lowest BCUT2D eigenvalue weighted by Crippen LogP contribution is -2.14. The van der Waals surface area contributed by atoms with Gasteiger partial charge >= 0.3 is 5.97 Å². The topological polar surface area (TPSA) is 88.4 Å². The molecule has 0 saturated heterocycles. The Morgan fingerprint density at radius 3 is 2.35 bits per heavy atom. The number of benzene rings is 4. The first-order chi connectivity index (χ1) is 16.6. The van der Waals surface area contributed by atoms with Gasteiger partial charge in [-0.25, -0.2) is 4.79 Å². The third-order valence-corrected chi connectivity index (χ3v) is 5.15. The van der Waals surface area contributed by atoms with E-state index in [1.165, 1.54) is 6.08 Å². The number of hydrogen-bond acceptors (Lipinski definition) is 5. The minimum atomic E-state index is -0.567. The van der Waals surface area contributed by atoms with Crippen molar-refractivity contribution in [2.45, 2.75) is 0 Å². The van der Waals surface area contributed by atoms with Gasteiger partial charge in [-0.2, -0.15) is 5.26 Å². The van der Waals surface area contributed by atoms with Crippen molar-refractivity contribution in [2.24, 2.45) is 0 Å². The lowest BCUT2D eigenvalue weighted by atomic mass is 10.1. The molecule has 6 nitrogen and oxygen atoms in total. The van der Waals surface area contributed by atoms with Crippen LogP contribution in [0.4, 0.5) is 5.69 Å². The Hall–Kier alpha value is -4.89. The standard InChI is InChI=1S/C28H20N2O4/c1-33-23-15-13-20(14-16-23)28(32)34-26-12-5-3-8-21(26)17-22(18-29)27(31)30-25-11-6-9-19-7-2-4-10-24(19)25/h2-17H,1H3,(H,30,31)/b22-17+. The smallest absolute Gasteiger partial charge is 0.343 e. The summed E-state index contributed by atoms with van der Waals surface area (Å²) >= 11 is 0. The summed E-state index contributed by atoms with van der Waals surface area (Å²) in [7, 11) is 1.54. The fourth-order valence-corrected chi connectivity index (χ4v) is 3.41. The van der Waals surface area contributed by atoms with Crippen LogP contribution < -0.4 is 14.8 Å². The number of esters is 1. The van der Waals surface area contributed by atoms with Gasteiger partial charge in [0.05, 0.1) is 12.7 Å². The molecule has 0 atom stereocenters. The molecule has 4 rings (SSSR count). The number of nitrogens with zero attached hydrogens (tertiary/aromatic N) is 1. The molecular formula is C28H20N2O4. The minimum absolute atomic E-state index is 0.124. The average molecular weight is 448 g/mol. The molecule has 0 aliphatic rings. The maximum Gasteiger partial charge on any atom is 0.343 e. The Morgan fingerprint density at radius 2 is 1.59 bits per heavy atom. The van der Waals surface area contributed by atoms with Crippen LogP contribution in [0.25, 0.3) is 16.8 Å². The average Bonchev–Trinajstić information content (AvgIpc) is 2.88. The van der Waals surface area contributed by atoms with E-state index in [9.17, 15) is 14.9 Å². The Morgan fingerprint density at radius 1 is 0.882 bits per heavy atom. The normalized spacial score (nSPS) is 10.9. The van der Waals surface area contributed by atoms with Gasteiger partial charge in [-0.1, -0.05) is 54.6 Å². The second-order valence-electron chi connectivity index (χ2n) is 7.31. The van der Waals surface area contributed by atoms with Crippen molar-refractivity contribution in [1.82, 2.24) is 0 Å². The zero-order valence-electron chi connectivity index (χ0n) is 18.3. The highest BCUT2D eigenvalue weighted by Gasteiger charge is 2.15. The van der Waals surface area contributed by atoms with Crippen molar-refractivity contribution in [3.8, 4) is 17.6 Å². The summed E-state index contributed by atoms with van der Waals surface area (Å²) in [6, 6.07) is 28.3. The van der Waals surface area contributed by atoms with Crippen LogP contribution in [0, 0.1) is 11.3 Å². The number of carbonyl (C=O) groups is 2. The van der Waals surface area contributed by atoms with Crippen LogP contribution in [0.5, 0.6) is 11.5 Å². The molecule has 0 bridgehead atoms. The molecule has 0 radical (unpaired) electrons. The second-order valence-corrected chi connectivity index (χ2v) is 7.31. The largest absolute Gasteiger partial charge is 0.497 e. The van der Waals surface area contributed by atoms with Crippen LogP contribution in [0.1, 0.15) is 15.9 Å². The number of nitriles is 1. The number of methoxy groups -OCH3 is 1. The van der Waals surface area contributed by atoms with Crippen LogP contribution >= 0.6 is 0 Å². The number of fused-ring (bicyclic) bond motifs is 1. The monoisotopic (exact) mass is 448 g/mol. The number of ether oxygens (including phenoxy) is 2. The van der Waals surface area contributed by atoms with E-state index in [1.54, 1.807) is 61.7 Å². The maximum atomic E-state index is 12.9. The van der Waals surface area contributed by atoms with Gasteiger partial charge in [0.2, 0.25) is 0 Å². The molecule has 0 saturated carbocycles. The van der Waals surface area contributed by atoms with Crippen molar-refractivity contribution in [2.75, 3.05) is 12.4 Å². The number of hydrogen-bond donors (Lipinski definition) is 1. The Balaban J connectivity index is 1.58. The lowest BCUT2D eigenvalue weighted by molar-refractivity contribution is -0.112. The van der Waals surface area contributed by atoms with Gasteiger partial charge in [0, 0.05) is 16.6 Å². The molecule has 34 heavy (non-hydrogen) atoms. The minimum Gasteiger partial charge on any atom is -0.497 e. The molecule has 0 aromatic heterocycles. The number of para-hydroxylation sites is 1. The van der Waals surface area contributed by atoms with Crippen LogP contribution in [0.15, 0.2) is 96.6 Å². The number of nitrogens with one attached hydrogen (secondary N) is 1. The van der Waals surface area contributed by atoms with Gasteiger partial charge in [0.15, 0.2) is 0 Å². The van der Waals surface area contributed by atoms with Gasteiger partial charge < -0.3 is 14.8 Å². The van der Waals surface area contributed by atoms with Gasteiger partial charge in [-0.15, -0.1) is 0 Å². The third-order valence-electron chi connectivity index (χ3n) is 5.15. The van der Waals surface area contributed by atoms with E-state index >= 15 is 0 Å². The zero-order chi connectivity index (χ0) is 23.9. The summed E-state index contributed by atoms with van der Waals surface area (Å²) in [5, 5.41) is 14.3. The van der Waals surface area contributed by atoms with Crippen LogP contribution in [0.3, 0.4) is 0 Å². The van der Waals surface area contributed by atoms with Gasteiger partial charge in [-0.3, -0.25) is 4.79 Å². The maximum absolute atomic E-state index is 12.9. The predicted molar refractivity (Wildman–Crippen MR) is 131 cm³/mol. The number of anilines is 1. The first-order valence-electron chi connectivity index (χ1n) is 10.4. The fourth-order valence-electron chi connectivity index (χ4n) is 3.41. The molecule has 4 aromatic carbocycles. The Bertz CT molecular complexity index is 1430. The Kier molecular flexibility index (Phi) is 6.66. The molecule has 6 heteroatoms. The quantitative estimate of drug-likeness (QED) is 0.179. The molecule has 0 fully saturated rings. The van der Waals surface area contributed by atoms with E-state index in [-0.39, 0.29) is 11.3 Å². The molecule has 0 unspecified atom stereocenters. The number of carbonyl (C=O) groups excluding carboxylic acids is 2. The molecule has 0 aliphatic carbocycles. The molecule has 4 aromatic rings. The van der Waals surface area contributed by atoms with E-state index in [0.29, 0.717) is 22.6 Å². The number of rotatable bonds is 6. The van der Waals surface area contributed by atoms with Crippen LogP contribution in [-0.2, 0) is 4.79 Å². The predicted octanol–water partition coefficient (Wildman–Crippen LogP) is 5.61. The van der Waals surface area contributed by atoms with Crippen LogP contribution in [-0.4, -0.2) is 19.0 Å². The lowest BCUT2D eigenvalue weighted by Gasteiger charge is -2.10. The van der Waals surface area contributed by atoms with Gasteiger partial charge in [-0.05, 0) is 47.9 Å². The molecule has 166 valence electrons. The number of amides is 1. The zero-order valence-corrected chi connectivity index (χ0v) is 18.3. The highest BCUT2D eigenvalue weighted by atomic mass is 16.5. The first kappa shape index (κ1) is 22.3. The molecule has 0 spiro atoms. The van der Waals surface area contributed by atoms with Gasteiger partial charge in [0.1, 0.15) is 23.1 Å². The highest BCUT2D eigenvalue weighted by molar-refractivity contribution is 6.13. The molecular weight excluding hydrogens is 428 g/mol. The van der Waals surface area contributed by atoms with Gasteiger partial charge in [0.25, 0.3) is 5.91 Å². The second kappa shape index (κ2) is 10.2. The molecule has 0 heterocycles. The van der Waals surface area contributed by atoms with Crippen molar-refractivity contribution >= 4 is 34.4 Å². The summed E-state index contributed by atoms with van der Waals surface area (Å²) in [6.45, 7) is 0. The summed E-state index contributed by atoms with van der Waals surface area (Å²) in [5.41, 5.74) is 1.24. The summed E-state index contributed by atoms with van der Waals surface area (Å²) < 4.78 is 10.6. The van der Waals surface area contributed by atoms with E-state index in [2.05, 4.69) is 5.32 Å². The molecule has 1 N–H and O–H groups in total. The van der Waals surface area contributed by atoms with Crippen molar-refractivity contribution in [3.05, 3.63) is 108 Å². The van der Waals surface area contributed by atoms with Crippen LogP contribution in [0.2, 0.25) is 0 Å². The van der Waals surface area contributed by atoms with E-state index in [1.807, 2.05) is 42.5 Å². The fraction of sp³-hybridized carbons (Fsp3) is 0.0357. The van der Waals surface area contributed by atoms with Crippen molar-refractivity contribution in [1.29, 1.82) is 5.26 Å². The summed E-state index contributed by atoms with van der Waals surface area (Å²) in [6.07, 6.45) is 1.40. The summed E-state index contributed by atoms with van der Waals surface area (Å²) in [4.78, 5) is 25.5. The van der Waals surface area contributed by atoms with E-state index in [4.69, 9.17) is 9.47 Å². The highest BCUT2D eigenvalue weighted by Crippen LogP contribution is 2.25. The molecule has 1 amide bonds. The van der Waals surface area contributed by atoms with Crippen molar-refractivity contribution in [3.63, 3.8) is 0 Å². The van der Waals surface area contributed by atoms with Crippen molar-refractivity contribution < 1.29 is 19.1 Å². The first-order valence-corrected chi connectivity index (χ1v) is 10.4. The van der Waals surface area contributed by atoms with E-state index in [0.717, 1.165) is 10.8 Å². The SMILES string of the molecule is COc1ccc(C(=O)Oc2ccccc2/C=C(\C#N)C(=O)Nc2cccc3ccccc23)cc1. The Labute approximate surface area is 196 Å². The van der Waals surface area contributed by atoms with E-state index < -0.39 is 11.9 Å².